The largest absolute Gasteiger partial charge is 0.488 e. The number of nitrogens with two attached hydrogens (primary N) is 1. The fourth-order valence-electron chi connectivity index (χ4n) is 2.38. The van der Waals surface area contributed by atoms with Crippen molar-refractivity contribution >= 4 is 0 Å². The van der Waals surface area contributed by atoms with Gasteiger partial charge in [-0.05, 0) is 17.7 Å². The van der Waals surface area contributed by atoms with Gasteiger partial charge in [-0.15, -0.1) is 0 Å². The van der Waals surface area contributed by atoms with Crippen LogP contribution in [0.3, 0.4) is 0 Å². The molecule has 2 aromatic rings. The summed E-state index contributed by atoms with van der Waals surface area (Å²) in [6, 6.07) is 9.93. The summed E-state index contributed by atoms with van der Waals surface area (Å²) in [6.45, 7) is 0. The van der Waals surface area contributed by atoms with Crippen LogP contribution >= 0.6 is 0 Å². The van der Waals surface area contributed by atoms with Crippen LogP contribution in [0, 0.1) is 0 Å². The Kier molecular flexibility index (Phi) is 2.77. The molecule has 0 aliphatic carbocycles. The number of ether oxygens (including phenoxy) is 1. The van der Waals surface area contributed by atoms with Crippen molar-refractivity contribution in [2.45, 2.75) is 18.6 Å². The summed E-state index contributed by atoms with van der Waals surface area (Å²) < 4.78 is 7.70. The van der Waals surface area contributed by atoms with Gasteiger partial charge in [0.25, 0.3) is 0 Å². The molecule has 94 valence electrons. The van der Waals surface area contributed by atoms with Crippen molar-refractivity contribution in [3.05, 3.63) is 47.8 Å². The maximum atomic E-state index is 5.93. The first-order valence-corrected chi connectivity index (χ1v) is 5.98. The number of hydrazine groups is 1. The number of rotatable bonds is 3. The van der Waals surface area contributed by atoms with Crippen LogP contribution in [0.2, 0.25) is 0 Å². The van der Waals surface area contributed by atoms with E-state index in [0.29, 0.717) is 0 Å². The summed E-state index contributed by atoms with van der Waals surface area (Å²) in [5, 5.41) is 4.38. The SMILES string of the molecule is Cn1ccc(C(NN)C2Cc3ccccc3O2)n1. The summed E-state index contributed by atoms with van der Waals surface area (Å²) in [5.74, 6) is 6.59. The normalized spacial score (nSPS) is 19.3. The first-order valence-electron chi connectivity index (χ1n) is 5.98. The van der Waals surface area contributed by atoms with E-state index in [1.807, 2.05) is 37.5 Å². The molecule has 3 rings (SSSR count). The highest BCUT2D eigenvalue weighted by Gasteiger charge is 2.31. The third-order valence-electron chi connectivity index (χ3n) is 3.28. The second kappa shape index (κ2) is 4.44. The molecule has 0 saturated heterocycles. The van der Waals surface area contributed by atoms with Gasteiger partial charge in [0.2, 0.25) is 0 Å². The van der Waals surface area contributed by atoms with Crippen LogP contribution in [-0.2, 0) is 13.5 Å². The number of nitrogens with one attached hydrogen (secondary N) is 1. The van der Waals surface area contributed by atoms with Gasteiger partial charge in [-0.3, -0.25) is 10.5 Å². The lowest BCUT2D eigenvalue weighted by Gasteiger charge is -2.20. The van der Waals surface area contributed by atoms with Crippen molar-refractivity contribution in [1.29, 1.82) is 0 Å². The summed E-state index contributed by atoms with van der Waals surface area (Å²) >= 11 is 0. The van der Waals surface area contributed by atoms with E-state index in [1.54, 1.807) is 4.68 Å². The van der Waals surface area contributed by atoms with Crippen LogP contribution in [0.15, 0.2) is 36.5 Å². The Balaban J connectivity index is 1.83. The van der Waals surface area contributed by atoms with E-state index in [2.05, 4.69) is 16.6 Å². The Morgan fingerprint density at radius 2 is 2.28 bits per heavy atom. The summed E-state index contributed by atoms with van der Waals surface area (Å²) in [6.07, 6.45) is 2.74. The molecule has 2 heterocycles. The van der Waals surface area contributed by atoms with E-state index in [9.17, 15) is 0 Å². The smallest absolute Gasteiger partial charge is 0.125 e. The number of nitrogens with zero attached hydrogens (tertiary/aromatic N) is 2. The number of aromatic nitrogens is 2. The van der Waals surface area contributed by atoms with Gasteiger partial charge in [-0.2, -0.15) is 5.10 Å². The number of aryl methyl sites for hydroxylation is 1. The predicted octanol–water partition coefficient (Wildman–Crippen LogP) is 0.928. The molecule has 0 spiro atoms. The zero-order chi connectivity index (χ0) is 12.5. The van der Waals surface area contributed by atoms with Crippen LogP contribution < -0.4 is 16.0 Å². The molecule has 1 aromatic heterocycles. The molecule has 0 amide bonds. The molecule has 18 heavy (non-hydrogen) atoms. The third-order valence-corrected chi connectivity index (χ3v) is 3.28. The van der Waals surface area contributed by atoms with Gasteiger partial charge in [0.15, 0.2) is 0 Å². The molecule has 3 N–H and O–H groups in total. The fraction of sp³-hybridized carbons (Fsp3) is 0.308. The highest BCUT2D eigenvalue weighted by atomic mass is 16.5. The Labute approximate surface area is 106 Å². The Hall–Kier alpha value is -1.85. The standard InChI is InChI=1S/C13H16N4O/c1-17-7-6-10(16-17)13(15-14)12-8-9-4-2-3-5-11(9)18-12/h2-7,12-13,15H,8,14H2,1H3. The maximum Gasteiger partial charge on any atom is 0.125 e. The molecule has 2 atom stereocenters. The lowest BCUT2D eigenvalue weighted by atomic mass is 10.0. The third kappa shape index (κ3) is 1.87. The second-order valence-electron chi connectivity index (χ2n) is 4.53. The van der Waals surface area contributed by atoms with Crippen LogP contribution in [0.4, 0.5) is 0 Å². The van der Waals surface area contributed by atoms with Crippen molar-refractivity contribution in [3.63, 3.8) is 0 Å². The molecule has 0 fully saturated rings. The number of hydrogen-bond acceptors (Lipinski definition) is 4. The maximum absolute atomic E-state index is 5.93. The van der Waals surface area contributed by atoms with E-state index < -0.39 is 0 Å². The molecule has 2 unspecified atom stereocenters. The first-order chi connectivity index (χ1) is 8.78. The summed E-state index contributed by atoms with van der Waals surface area (Å²) in [4.78, 5) is 0. The van der Waals surface area contributed by atoms with E-state index in [-0.39, 0.29) is 12.1 Å². The molecule has 1 aliphatic rings. The summed E-state index contributed by atoms with van der Waals surface area (Å²) in [5.41, 5.74) is 4.93. The van der Waals surface area contributed by atoms with Crippen molar-refractivity contribution in [2.75, 3.05) is 0 Å². The Morgan fingerprint density at radius 3 is 2.94 bits per heavy atom. The van der Waals surface area contributed by atoms with Gasteiger partial charge in [-0.25, -0.2) is 5.43 Å². The average molecular weight is 244 g/mol. The molecular weight excluding hydrogens is 228 g/mol. The van der Waals surface area contributed by atoms with E-state index in [1.165, 1.54) is 5.56 Å². The minimum atomic E-state index is -0.0985. The molecule has 0 bridgehead atoms. The molecule has 5 nitrogen and oxygen atoms in total. The second-order valence-corrected chi connectivity index (χ2v) is 4.53. The van der Waals surface area contributed by atoms with Crippen molar-refractivity contribution in [3.8, 4) is 5.75 Å². The van der Waals surface area contributed by atoms with Gasteiger partial charge < -0.3 is 4.74 Å². The van der Waals surface area contributed by atoms with Gasteiger partial charge in [0.05, 0.1) is 5.69 Å². The minimum Gasteiger partial charge on any atom is -0.488 e. The molecular formula is C13H16N4O. The fourth-order valence-corrected chi connectivity index (χ4v) is 2.38. The van der Waals surface area contributed by atoms with Gasteiger partial charge in [0.1, 0.15) is 17.9 Å². The number of hydrogen-bond donors (Lipinski definition) is 2. The number of fused-ring (bicyclic) bond motifs is 1. The predicted molar refractivity (Wildman–Crippen MR) is 67.8 cm³/mol. The quantitative estimate of drug-likeness (QED) is 0.622. The van der Waals surface area contributed by atoms with Crippen molar-refractivity contribution in [2.24, 2.45) is 12.9 Å². The topological polar surface area (TPSA) is 65.1 Å². The molecule has 0 saturated carbocycles. The van der Waals surface area contributed by atoms with E-state index in [0.717, 1.165) is 17.9 Å². The van der Waals surface area contributed by atoms with Crippen LogP contribution in [0.1, 0.15) is 17.3 Å². The monoisotopic (exact) mass is 244 g/mol. The lowest BCUT2D eigenvalue weighted by Crippen LogP contribution is -2.39. The van der Waals surface area contributed by atoms with E-state index >= 15 is 0 Å². The van der Waals surface area contributed by atoms with Gasteiger partial charge in [-0.1, -0.05) is 18.2 Å². The van der Waals surface area contributed by atoms with Crippen LogP contribution in [-0.4, -0.2) is 15.9 Å². The van der Waals surface area contributed by atoms with Crippen LogP contribution in [0.25, 0.3) is 0 Å². The molecule has 1 aromatic carbocycles. The first kappa shape index (κ1) is 11.3. The average Bonchev–Trinajstić information content (AvgIpc) is 2.96. The van der Waals surface area contributed by atoms with Crippen molar-refractivity contribution in [1.82, 2.24) is 15.2 Å². The van der Waals surface area contributed by atoms with Crippen LogP contribution in [0.5, 0.6) is 5.75 Å². The highest BCUT2D eigenvalue weighted by molar-refractivity contribution is 5.38. The Bertz CT molecular complexity index is 526. The molecule has 1 aliphatic heterocycles. The number of para-hydroxylation sites is 1. The van der Waals surface area contributed by atoms with Gasteiger partial charge in [0, 0.05) is 19.7 Å². The molecule has 5 heteroatoms. The zero-order valence-corrected chi connectivity index (χ0v) is 10.2. The Morgan fingerprint density at radius 1 is 1.44 bits per heavy atom. The summed E-state index contributed by atoms with van der Waals surface area (Å²) in [7, 11) is 1.89. The number of benzene rings is 1. The highest BCUT2D eigenvalue weighted by Crippen LogP contribution is 2.33. The van der Waals surface area contributed by atoms with Crippen molar-refractivity contribution < 1.29 is 4.74 Å². The lowest BCUT2D eigenvalue weighted by molar-refractivity contribution is 0.176. The van der Waals surface area contributed by atoms with Gasteiger partial charge >= 0.3 is 0 Å². The van der Waals surface area contributed by atoms with E-state index in [4.69, 9.17) is 10.6 Å². The molecule has 0 radical (unpaired) electrons. The minimum absolute atomic E-state index is 0.0118. The zero-order valence-electron chi connectivity index (χ0n) is 10.2.